The molecule has 0 spiro atoms. The van der Waals surface area contributed by atoms with Gasteiger partial charge in [-0.15, -0.1) is 0 Å². The van der Waals surface area contributed by atoms with Crippen molar-refractivity contribution in [2.24, 2.45) is 17.8 Å². The van der Waals surface area contributed by atoms with Gasteiger partial charge in [0.05, 0.1) is 5.56 Å². The minimum Gasteiger partial charge on any atom is -0.481 e. The zero-order valence-corrected chi connectivity index (χ0v) is 16.3. The van der Waals surface area contributed by atoms with E-state index in [9.17, 15) is 23.1 Å². The molecule has 1 N–H and O–H groups in total. The first kappa shape index (κ1) is 21.2. The lowest BCUT2D eigenvalue weighted by atomic mass is 9.76. The zero-order valence-electron chi connectivity index (χ0n) is 16.3. The molecule has 1 aliphatic carbocycles. The number of hydrogen-bond donors (Lipinski definition) is 1. The van der Waals surface area contributed by atoms with Crippen LogP contribution in [0, 0.1) is 17.8 Å². The molecule has 28 heavy (non-hydrogen) atoms. The number of benzene rings is 1. The van der Waals surface area contributed by atoms with Crippen LogP contribution in [0.5, 0.6) is 0 Å². The molecule has 0 aromatic heterocycles. The highest BCUT2D eigenvalue weighted by Crippen LogP contribution is 2.37. The summed E-state index contributed by atoms with van der Waals surface area (Å²) >= 11 is 0. The zero-order chi connectivity index (χ0) is 20.1. The number of hydrogen-bond acceptors (Lipinski definition) is 2. The maximum atomic E-state index is 12.8. The van der Waals surface area contributed by atoms with Crippen LogP contribution in [0.4, 0.5) is 13.2 Å². The van der Waals surface area contributed by atoms with Crippen LogP contribution in [-0.4, -0.2) is 29.1 Å². The highest BCUT2D eigenvalue weighted by atomic mass is 19.4. The third-order valence-corrected chi connectivity index (χ3v) is 6.36. The fourth-order valence-corrected chi connectivity index (χ4v) is 5.05. The Balaban J connectivity index is 1.68. The summed E-state index contributed by atoms with van der Waals surface area (Å²) in [5.41, 5.74) is 0.221. The standard InChI is InChI=1S/C22H30F3NO2/c23-22(24,25)20-9-7-16(8-10-20)13-26-14-17(12-21(27)28)11-19(15-26)18-5-3-1-2-4-6-18/h7-10,17-19H,1-6,11-15H2,(H,27,28). The molecule has 1 aromatic rings. The molecule has 0 bridgehead atoms. The van der Waals surface area contributed by atoms with Crippen LogP contribution < -0.4 is 0 Å². The molecule has 1 aromatic carbocycles. The largest absolute Gasteiger partial charge is 0.481 e. The number of carboxylic acid groups (broad SMARTS) is 1. The van der Waals surface area contributed by atoms with Crippen LogP contribution in [0.3, 0.4) is 0 Å². The summed E-state index contributed by atoms with van der Waals surface area (Å²) in [5.74, 6) is 0.495. The molecule has 3 nitrogen and oxygen atoms in total. The smallest absolute Gasteiger partial charge is 0.416 e. The molecule has 1 saturated heterocycles. The topological polar surface area (TPSA) is 40.5 Å². The summed E-state index contributed by atoms with van der Waals surface area (Å²) in [5, 5.41) is 9.27. The van der Waals surface area contributed by atoms with E-state index in [4.69, 9.17) is 0 Å². The SMILES string of the molecule is O=C(O)CC1CC(C2CCCCCC2)CN(Cc2ccc(C(F)(F)F)cc2)C1. The lowest BCUT2D eigenvalue weighted by Gasteiger charge is -2.41. The van der Waals surface area contributed by atoms with E-state index in [2.05, 4.69) is 4.90 Å². The Morgan fingerprint density at radius 3 is 2.21 bits per heavy atom. The number of alkyl halides is 3. The van der Waals surface area contributed by atoms with Crippen molar-refractivity contribution in [3.05, 3.63) is 35.4 Å². The number of likely N-dealkylation sites (tertiary alicyclic amines) is 1. The second kappa shape index (κ2) is 9.29. The van der Waals surface area contributed by atoms with E-state index in [-0.39, 0.29) is 12.3 Å². The van der Waals surface area contributed by atoms with Crippen molar-refractivity contribution in [3.63, 3.8) is 0 Å². The minimum atomic E-state index is -4.32. The van der Waals surface area contributed by atoms with Crippen molar-refractivity contribution in [2.45, 2.75) is 64.1 Å². The quantitative estimate of drug-likeness (QED) is 0.659. The Kier molecular flexibility index (Phi) is 7.02. The molecule has 2 unspecified atom stereocenters. The number of rotatable bonds is 5. The molecule has 6 heteroatoms. The molecule has 0 amide bonds. The van der Waals surface area contributed by atoms with Gasteiger partial charge >= 0.3 is 12.1 Å². The Bertz CT molecular complexity index is 636. The molecular formula is C22H30F3NO2. The summed E-state index contributed by atoms with van der Waals surface area (Å²) in [6.45, 7) is 2.20. The molecule has 2 atom stereocenters. The maximum Gasteiger partial charge on any atom is 0.416 e. The third-order valence-electron chi connectivity index (χ3n) is 6.36. The first-order valence-corrected chi connectivity index (χ1v) is 10.4. The predicted octanol–water partition coefficient (Wildman–Crippen LogP) is 5.59. The van der Waals surface area contributed by atoms with Gasteiger partial charge in [-0.2, -0.15) is 13.2 Å². The van der Waals surface area contributed by atoms with E-state index in [1.165, 1.54) is 38.5 Å². The predicted molar refractivity (Wildman–Crippen MR) is 102 cm³/mol. The average Bonchev–Trinajstić information content (AvgIpc) is 2.90. The Morgan fingerprint density at radius 1 is 1.00 bits per heavy atom. The maximum absolute atomic E-state index is 12.8. The number of piperidine rings is 1. The molecule has 2 fully saturated rings. The molecule has 156 valence electrons. The third kappa shape index (κ3) is 5.97. The lowest BCUT2D eigenvalue weighted by molar-refractivity contribution is -0.139. The highest BCUT2D eigenvalue weighted by Gasteiger charge is 2.34. The number of carboxylic acids is 1. The van der Waals surface area contributed by atoms with E-state index in [1.54, 1.807) is 12.1 Å². The summed E-state index contributed by atoms with van der Waals surface area (Å²) < 4.78 is 38.3. The van der Waals surface area contributed by atoms with Crippen molar-refractivity contribution in [3.8, 4) is 0 Å². The highest BCUT2D eigenvalue weighted by molar-refractivity contribution is 5.67. The number of carbonyl (C=O) groups is 1. The molecular weight excluding hydrogens is 367 g/mol. The fourth-order valence-electron chi connectivity index (χ4n) is 5.05. The molecule has 1 aliphatic heterocycles. The van der Waals surface area contributed by atoms with Gasteiger partial charge < -0.3 is 5.11 Å². The second-order valence-electron chi connectivity index (χ2n) is 8.60. The molecule has 0 radical (unpaired) electrons. The van der Waals surface area contributed by atoms with Crippen molar-refractivity contribution < 1.29 is 23.1 Å². The average molecular weight is 397 g/mol. The normalized spacial score (nSPS) is 25.4. The van der Waals surface area contributed by atoms with E-state index in [0.29, 0.717) is 24.9 Å². The summed E-state index contributed by atoms with van der Waals surface area (Å²) in [6.07, 6.45) is 4.34. The first-order valence-electron chi connectivity index (χ1n) is 10.4. The van der Waals surface area contributed by atoms with Gasteiger partial charge in [0.1, 0.15) is 0 Å². The Labute approximate surface area is 164 Å². The number of nitrogens with zero attached hydrogens (tertiary/aromatic N) is 1. The van der Waals surface area contributed by atoms with Crippen LogP contribution >= 0.6 is 0 Å². The van der Waals surface area contributed by atoms with E-state index >= 15 is 0 Å². The monoisotopic (exact) mass is 397 g/mol. The van der Waals surface area contributed by atoms with E-state index < -0.39 is 17.7 Å². The molecule has 3 rings (SSSR count). The van der Waals surface area contributed by atoms with Gasteiger partial charge in [-0.05, 0) is 41.9 Å². The lowest BCUT2D eigenvalue weighted by Crippen LogP contribution is -2.43. The summed E-state index contributed by atoms with van der Waals surface area (Å²) in [4.78, 5) is 13.5. The van der Waals surface area contributed by atoms with E-state index in [0.717, 1.165) is 30.7 Å². The van der Waals surface area contributed by atoms with Gasteiger partial charge in [-0.25, -0.2) is 0 Å². The van der Waals surface area contributed by atoms with Crippen LogP contribution in [0.25, 0.3) is 0 Å². The Morgan fingerprint density at radius 2 is 1.64 bits per heavy atom. The summed E-state index contributed by atoms with van der Waals surface area (Å²) in [6, 6.07) is 5.36. The minimum absolute atomic E-state index is 0.119. The van der Waals surface area contributed by atoms with Gasteiger partial charge in [0, 0.05) is 26.1 Å². The van der Waals surface area contributed by atoms with Gasteiger partial charge in [0.15, 0.2) is 0 Å². The second-order valence-corrected chi connectivity index (χ2v) is 8.60. The number of aliphatic carboxylic acids is 1. The first-order chi connectivity index (χ1) is 13.3. The fraction of sp³-hybridized carbons (Fsp3) is 0.682. The molecule has 2 aliphatic rings. The summed E-state index contributed by atoms with van der Waals surface area (Å²) in [7, 11) is 0. The van der Waals surface area contributed by atoms with Crippen LogP contribution in [0.2, 0.25) is 0 Å². The van der Waals surface area contributed by atoms with Gasteiger partial charge in [-0.1, -0.05) is 50.7 Å². The van der Waals surface area contributed by atoms with Crippen molar-refractivity contribution >= 4 is 5.97 Å². The van der Waals surface area contributed by atoms with Gasteiger partial charge in [-0.3, -0.25) is 9.69 Å². The molecule has 1 heterocycles. The van der Waals surface area contributed by atoms with Crippen LogP contribution in [0.15, 0.2) is 24.3 Å². The van der Waals surface area contributed by atoms with Gasteiger partial charge in [0.25, 0.3) is 0 Å². The van der Waals surface area contributed by atoms with E-state index in [1.807, 2.05) is 0 Å². The number of halogens is 3. The Hall–Kier alpha value is -1.56. The van der Waals surface area contributed by atoms with Crippen molar-refractivity contribution in [1.29, 1.82) is 0 Å². The van der Waals surface area contributed by atoms with Crippen LogP contribution in [0.1, 0.15) is 62.5 Å². The van der Waals surface area contributed by atoms with Gasteiger partial charge in [0.2, 0.25) is 0 Å². The van der Waals surface area contributed by atoms with Crippen LogP contribution in [-0.2, 0) is 17.5 Å². The van der Waals surface area contributed by atoms with Crippen molar-refractivity contribution in [2.75, 3.05) is 13.1 Å². The van der Waals surface area contributed by atoms with Crippen molar-refractivity contribution in [1.82, 2.24) is 4.90 Å². The molecule has 1 saturated carbocycles.